The zero-order chi connectivity index (χ0) is 31.4. The van der Waals surface area contributed by atoms with Crippen molar-refractivity contribution in [2.45, 2.75) is 38.5 Å². The van der Waals surface area contributed by atoms with Crippen molar-refractivity contribution in [1.29, 1.82) is 21.0 Å². The van der Waals surface area contributed by atoms with E-state index in [4.69, 9.17) is 5.73 Å². The molecule has 12 heteroatoms. The van der Waals surface area contributed by atoms with Gasteiger partial charge in [0, 0.05) is 43.2 Å². The molecule has 0 saturated heterocycles. The third kappa shape index (κ3) is 4.31. The van der Waals surface area contributed by atoms with E-state index >= 15 is 0 Å². The Morgan fingerprint density at radius 3 is 1.81 bits per heavy atom. The second-order valence-electron chi connectivity index (χ2n) is 9.77. The molecule has 5 rings (SSSR count). The van der Waals surface area contributed by atoms with E-state index in [-0.39, 0.29) is 68.8 Å². The van der Waals surface area contributed by atoms with Crippen LogP contribution in [-0.2, 0) is 18.8 Å². The standard InChI is InChI=1S/C31H17F6N5S/c1-2-3-14(10-39)22-25-18(5-7-21(19(25)13-42)31(35,36)37)27-26-17-4-6-20(30(32,33)34)16(8-9-38)24(17)23(15(11-40)12-41)29(26)43-28(22)27/h4-7H,2-3,8-9,38H2,1H3/b22-14+. The van der Waals surface area contributed by atoms with Crippen molar-refractivity contribution in [3.05, 3.63) is 78.5 Å². The van der Waals surface area contributed by atoms with Crippen LogP contribution in [0.25, 0.3) is 33.4 Å². The summed E-state index contributed by atoms with van der Waals surface area (Å²) in [4.78, 5) is 0.630. The summed E-state index contributed by atoms with van der Waals surface area (Å²) < 4.78 is 84.4. The van der Waals surface area contributed by atoms with Crippen molar-refractivity contribution >= 4 is 22.5 Å². The Morgan fingerprint density at radius 2 is 1.33 bits per heavy atom. The van der Waals surface area contributed by atoms with Gasteiger partial charge in [-0.3, -0.25) is 0 Å². The molecule has 0 fully saturated rings. The maximum absolute atomic E-state index is 14.1. The molecule has 2 aliphatic rings. The van der Waals surface area contributed by atoms with Crippen LogP contribution in [0.5, 0.6) is 0 Å². The molecule has 0 amide bonds. The second-order valence-corrected chi connectivity index (χ2v) is 10.8. The van der Waals surface area contributed by atoms with Crippen LogP contribution in [0.3, 0.4) is 0 Å². The number of halogens is 6. The Kier molecular flexibility index (Phi) is 7.19. The van der Waals surface area contributed by atoms with Crippen LogP contribution in [0.1, 0.15) is 62.9 Å². The van der Waals surface area contributed by atoms with Crippen molar-refractivity contribution in [3.8, 4) is 46.5 Å². The Bertz CT molecular complexity index is 1950. The molecule has 0 unspecified atom stereocenters. The summed E-state index contributed by atoms with van der Waals surface area (Å²) in [5, 5.41) is 39.7. The van der Waals surface area contributed by atoms with Crippen molar-refractivity contribution in [3.63, 3.8) is 0 Å². The molecule has 2 N–H and O–H groups in total. The molecule has 3 aromatic rings. The molecule has 0 radical (unpaired) electrons. The summed E-state index contributed by atoms with van der Waals surface area (Å²) in [6, 6.07) is 11.4. The summed E-state index contributed by atoms with van der Waals surface area (Å²) in [6.07, 6.45) is -9.23. The number of thiophene rings is 1. The largest absolute Gasteiger partial charge is 0.417 e. The lowest BCUT2D eigenvalue weighted by atomic mass is 9.89. The molecule has 0 saturated carbocycles. The monoisotopic (exact) mass is 605 g/mol. The van der Waals surface area contributed by atoms with Crippen LogP contribution in [0.2, 0.25) is 0 Å². The van der Waals surface area contributed by atoms with Crippen LogP contribution in [0.15, 0.2) is 35.4 Å². The summed E-state index contributed by atoms with van der Waals surface area (Å²) in [6.45, 7) is 1.61. The van der Waals surface area contributed by atoms with Gasteiger partial charge in [-0.15, -0.1) is 11.3 Å². The van der Waals surface area contributed by atoms with Gasteiger partial charge in [0.25, 0.3) is 0 Å². The molecule has 0 aliphatic heterocycles. The van der Waals surface area contributed by atoms with E-state index in [2.05, 4.69) is 6.07 Å². The van der Waals surface area contributed by atoms with E-state index in [0.29, 0.717) is 22.4 Å². The van der Waals surface area contributed by atoms with Crippen molar-refractivity contribution in [1.82, 2.24) is 0 Å². The zero-order valence-corrected chi connectivity index (χ0v) is 23.0. The highest BCUT2D eigenvalue weighted by Crippen LogP contribution is 2.63. The highest BCUT2D eigenvalue weighted by atomic mass is 32.1. The van der Waals surface area contributed by atoms with E-state index in [1.807, 2.05) is 0 Å². The lowest BCUT2D eigenvalue weighted by Gasteiger charge is -2.18. The van der Waals surface area contributed by atoms with Gasteiger partial charge in [-0.1, -0.05) is 25.5 Å². The predicted molar refractivity (Wildman–Crippen MR) is 146 cm³/mol. The van der Waals surface area contributed by atoms with Crippen molar-refractivity contribution < 1.29 is 26.3 Å². The van der Waals surface area contributed by atoms with Gasteiger partial charge in [0.05, 0.1) is 22.8 Å². The maximum Gasteiger partial charge on any atom is 0.417 e. The molecule has 0 atom stereocenters. The SMILES string of the molecule is CCC/C(C#N)=C1\c2sc3c(c2-c2ccc(C(F)(F)F)c(C#N)c21)-c1ccc(C(F)(F)F)c(CCN)c1C3=C(C#N)C#N. The van der Waals surface area contributed by atoms with Crippen LogP contribution in [0.4, 0.5) is 26.3 Å². The number of rotatable bonds is 4. The first kappa shape index (κ1) is 29.6. The fraction of sp³-hybridized carbons (Fsp3) is 0.226. The molecule has 1 heterocycles. The number of nitrogens with two attached hydrogens (primary N) is 1. The highest BCUT2D eigenvalue weighted by molar-refractivity contribution is 7.16. The minimum atomic E-state index is -4.87. The van der Waals surface area contributed by atoms with Gasteiger partial charge in [0.1, 0.15) is 23.8 Å². The van der Waals surface area contributed by atoms with Crippen LogP contribution < -0.4 is 5.73 Å². The fourth-order valence-corrected chi connectivity index (χ4v) is 7.37. The molecule has 5 nitrogen and oxygen atoms in total. The fourth-order valence-electron chi connectivity index (χ4n) is 5.91. The van der Waals surface area contributed by atoms with Gasteiger partial charge in [0.15, 0.2) is 0 Å². The number of fused-ring (bicyclic) bond motifs is 7. The Hall–Kier alpha value is -4.88. The molecular weight excluding hydrogens is 588 g/mol. The van der Waals surface area contributed by atoms with Gasteiger partial charge >= 0.3 is 12.4 Å². The smallest absolute Gasteiger partial charge is 0.330 e. The topological polar surface area (TPSA) is 121 Å². The van der Waals surface area contributed by atoms with Crippen LogP contribution in [0, 0.1) is 45.3 Å². The predicted octanol–water partition coefficient (Wildman–Crippen LogP) is 8.09. The summed E-state index contributed by atoms with van der Waals surface area (Å²) in [7, 11) is 0. The maximum atomic E-state index is 14.1. The molecule has 43 heavy (non-hydrogen) atoms. The highest BCUT2D eigenvalue weighted by Gasteiger charge is 2.45. The summed E-state index contributed by atoms with van der Waals surface area (Å²) >= 11 is 0.970. The normalized spacial score (nSPS) is 14.1. The number of hydrogen-bond donors (Lipinski definition) is 1. The number of alkyl halides is 6. The first-order valence-corrected chi connectivity index (χ1v) is 13.6. The molecule has 0 spiro atoms. The van der Waals surface area contributed by atoms with Crippen molar-refractivity contribution in [2.24, 2.45) is 5.73 Å². The van der Waals surface area contributed by atoms with Gasteiger partial charge in [0.2, 0.25) is 0 Å². The van der Waals surface area contributed by atoms with Gasteiger partial charge in [-0.25, -0.2) is 0 Å². The number of hydrogen-bond acceptors (Lipinski definition) is 6. The summed E-state index contributed by atoms with van der Waals surface area (Å²) in [5.41, 5.74) is 3.56. The lowest BCUT2D eigenvalue weighted by Crippen LogP contribution is -2.15. The number of nitriles is 4. The molecule has 2 aromatic carbocycles. The van der Waals surface area contributed by atoms with Crippen molar-refractivity contribution in [2.75, 3.05) is 6.54 Å². The molecular formula is C31H17F6N5S. The third-order valence-electron chi connectivity index (χ3n) is 7.45. The minimum absolute atomic E-state index is 0.0166. The Labute approximate surface area is 245 Å². The number of benzene rings is 2. The number of allylic oxidation sites excluding steroid dienone is 2. The quantitative estimate of drug-likeness (QED) is 0.164. The average molecular weight is 606 g/mol. The molecule has 2 aliphatic carbocycles. The van der Waals surface area contributed by atoms with E-state index in [1.165, 1.54) is 12.1 Å². The Balaban J connectivity index is 2.01. The van der Waals surface area contributed by atoms with E-state index in [1.54, 1.807) is 25.1 Å². The van der Waals surface area contributed by atoms with Gasteiger partial charge < -0.3 is 5.73 Å². The van der Waals surface area contributed by atoms with Crippen LogP contribution >= 0.6 is 11.3 Å². The van der Waals surface area contributed by atoms with Crippen LogP contribution in [-0.4, -0.2) is 6.54 Å². The lowest BCUT2D eigenvalue weighted by molar-refractivity contribution is -0.138. The minimum Gasteiger partial charge on any atom is -0.330 e. The average Bonchev–Trinajstić information content (AvgIpc) is 3.57. The first-order valence-electron chi connectivity index (χ1n) is 12.8. The van der Waals surface area contributed by atoms with E-state index in [9.17, 15) is 47.4 Å². The third-order valence-corrected chi connectivity index (χ3v) is 8.67. The van der Waals surface area contributed by atoms with Gasteiger partial charge in [-0.05, 0) is 53.8 Å². The second kappa shape index (κ2) is 10.4. The van der Waals surface area contributed by atoms with Gasteiger partial charge in [-0.2, -0.15) is 47.4 Å². The molecule has 0 bridgehead atoms. The first-order chi connectivity index (χ1) is 20.4. The van der Waals surface area contributed by atoms with E-state index in [0.717, 1.165) is 23.5 Å². The molecule has 214 valence electrons. The Morgan fingerprint density at radius 1 is 0.767 bits per heavy atom. The van der Waals surface area contributed by atoms with E-state index < -0.39 is 34.6 Å². The molecule has 1 aromatic heterocycles. The number of nitrogens with zero attached hydrogens (tertiary/aromatic N) is 4. The zero-order valence-electron chi connectivity index (χ0n) is 22.2. The summed E-state index contributed by atoms with van der Waals surface area (Å²) in [5.74, 6) is 0.